The number of rotatable bonds is 4. The van der Waals surface area contributed by atoms with Crippen LogP contribution in [0, 0.1) is 5.92 Å². The third-order valence-electron chi connectivity index (χ3n) is 3.11. The van der Waals surface area contributed by atoms with Gasteiger partial charge in [-0.25, -0.2) is 0 Å². The lowest BCUT2D eigenvalue weighted by molar-refractivity contribution is -0.124. The van der Waals surface area contributed by atoms with Crippen LogP contribution < -0.4 is 15.4 Å². The number of ether oxygens (including phenoxy) is 1. The minimum absolute atomic E-state index is 0. The van der Waals surface area contributed by atoms with Gasteiger partial charge >= 0.3 is 0 Å². The van der Waals surface area contributed by atoms with E-state index in [4.69, 9.17) is 16.3 Å². The van der Waals surface area contributed by atoms with Crippen LogP contribution in [0.3, 0.4) is 0 Å². The molecule has 6 heteroatoms. The van der Waals surface area contributed by atoms with E-state index in [1.165, 1.54) is 0 Å². The van der Waals surface area contributed by atoms with Gasteiger partial charge in [0.2, 0.25) is 5.91 Å². The number of halogens is 2. The van der Waals surface area contributed by atoms with Gasteiger partial charge in [-0.15, -0.1) is 12.4 Å². The Labute approximate surface area is 124 Å². The third kappa shape index (κ3) is 4.27. The van der Waals surface area contributed by atoms with Crippen LogP contribution in [0.4, 0.5) is 0 Å². The smallest absolute Gasteiger partial charge is 0.224 e. The molecule has 1 aromatic rings. The van der Waals surface area contributed by atoms with E-state index in [9.17, 15) is 4.79 Å². The minimum atomic E-state index is 0. The minimum Gasteiger partial charge on any atom is -0.495 e. The summed E-state index contributed by atoms with van der Waals surface area (Å²) >= 11 is 6.02. The highest BCUT2D eigenvalue weighted by atomic mass is 35.5. The van der Waals surface area contributed by atoms with E-state index in [2.05, 4.69) is 10.6 Å². The molecular weight excluding hydrogens is 287 g/mol. The summed E-state index contributed by atoms with van der Waals surface area (Å²) in [6.07, 6.45) is 0.912. The molecule has 0 saturated carbocycles. The lowest BCUT2D eigenvalue weighted by Crippen LogP contribution is -2.31. The molecule has 4 nitrogen and oxygen atoms in total. The summed E-state index contributed by atoms with van der Waals surface area (Å²) in [5, 5.41) is 6.67. The maximum atomic E-state index is 11.8. The Morgan fingerprint density at radius 2 is 2.37 bits per heavy atom. The van der Waals surface area contributed by atoms with Gasteiger partial charge in [-0.2, -0.15) is 0 Å². The van der Waals surface area contributed by atoms with Gasteiger partial charge in [0.25, 0.3) is 0 Å². The molecule has 19 heavy (non-hydrogen) atoms. The topological polar surface area (TPSA) is 50.4 Å². The number of carbonyl (C=O) groups is 1. The first-order valence-corrected chi connectivity index (χ1v) is 6.39. The molecule has 1 aliphatic rings. The van der Waals surface area contributed by atoms with Gasteiger partial charge < -0.3 is 15.4 Å². The second-order valence-electron chi connectivity index (χ2n) is 4.38. The number of hydrogen-bond acceptors (Lipinski definition) is 3. The maximum Gasteiger partial charge on any atom is 0.224 e. The molecule has 106 valence electrons. The van der Waals surface area contributed by atoms with E-state index in [1.807, 2.05) is 12.1 Å². The summed E-state index contributed by atoms with van der Waals surface area (Å²) in [7, 11) is 1.58. The number of benzene rings is 1. The molecule has 2 N–H and O–H groups in total. The molecule has 0 aromatic heterocycles. The quantitative estimate of drug-likeness (QED) is 0.894. The van der Waals surface area contributed by atoms with Crippen molar-refractivity contribution in [1.82, 2.24) is 10.6 Å². The standard InChI is InChI=1S/C13H17ClN2O2.ClH/c1-18-12-3-2-9(6-11(12)14)7-16-13(17)10-4-5-15-8-10;/h2-3,6,10,15H,4-5,7-8H2,1H3,(H,16,17);1H. The molecule has 1 fully saturated rings. The Kier molecular flexibility index (Phi) is 6.42. The SMILES string of the molecule is COc1ccc(CNC(=O)C2CCNC2)cc1Cl.Cl. The number of carbonyl (C=O) groups excluding carboxylic acids is 1. The fraction of sp³-hybridized carbons (Fsp3) is 0.462. The molecular formula is C13H18Cl2N2O2. The second kappa shape index (κ2) is 7.58. The predicted molar refractivity (Wildman–Crippen MR) is 78.1 cm³/mol. The Balaban J connectivity index is 0.00000180. The van der Waals surface area contributed by atoms with Crippen LogP contribution in [0.25, 0.3) is 0 Å². The fourth-order valence-electron chi connectivity index (χ4n) is 2.03. The van der Waals surface area contributed by atoms with E-state index in [0.717, 1.165) is 25.1 Å². The van der Waals surface area contributed by atoms with Crippen LogP contribution >= 0.6 is 24.0 Å². The molecule has 1 saturated heterocycles. The Morgan fingerprint density at radius 3 is 2.95 bits per heavy atom. The van der Waals surface area contributed by atoms with Crippen molar-refractivity contribution in [3.63, 3.8) is 0 Å². The predicted octanol–water partition coefficient (Wildman–Crippen LogP) is 2.00. The fourth-order valence-corrected chi connectivity index (χ4v) is 2.31. The van der Waals surface area contributed by atoms with Gasteiger partial charge in [0.15, 0.2) is 0 Å². The maximum absolute atomic E-state index is 11.8. The lowest BCUT2D eigenvalue weighted by atomic mass is 10.1. The molecule has 1 unspecified atom stereocenters. The van der Waals surface area contributed by atoms with Crippen molar-refractivity contribution >= 4 is 29.9 Å². The van der Waals surface area contributed by atoms with Gasteiger partial charge in [0.1, 0.15) is 5.75 Å². The summed E-state index contributed by atoms with van der Waals surface area (Å²) in [5.74, 6) is 0.845. The zero-order chi connectivity index (χ0) is 13.0. The molecule has 0 spiro atoms. The highest BCUT2D eigenvalue weighted by Crippen LogP contribution is 2.24. The van der Waals surface area contributed by atoms with Crippen molar-refractivity contribution in [3.8, 4) is 5.75 Å². The molecule has 1 heterocycles. The monoisotopic (exact) mass is 304 g/mol. The number of amides is 1. The van der Waals surface area contributed by atoms with Crippen molar-refractivity contribution in [2.75, 3.05) is 20.2 Å². The van der Waals surface area contributed by atoms with Gasteiger partial charge in [0.05, 0.1) is 18.1 Å². The van der Waals surface area contributed by atoms with Gasteiger partial charge in [-0.1, -0.05) is 17.7 Å². The number of hydrogen-bond donors (Lipinski definition) is 2. The van der Waals surface area contributed by atoms with Crippen molar-refractivity contribution in [2.24, 2.45) is 5.92 Å². The molecule has 0 radical (unpaired) electrons. The Bertz CT molecular complexity index is 435. The summed E-state index contributed by atoms with van der Waals surface area (Å²) in [4.78, 5) is 11.8. The van der Waals surface area contributed by atoms with Gasteiger partial charge in [-0.3, -0.25) is 4.79 Å². The second-order valence-corrected chi connectivity index (χ2v) is 4.78. The lowest BCUT2D eigenvalue weighted by Gasteiger charge is -2.11. The van der Waals surface area contributed by atoms with Crippen LogP contribution in [-0.4, -0.2) is 26.1 Å². The zero-order valence-electron chi connectivity index (χ0n) is 10.7. The summed E-state index contributed by atoms with van der Waals surface area (Å²) in [6.45, 7) is 2.20. The Hall–Kier alpha value is -0.970. The first kappa shape index (κ1) is 16.1. The molecule has 2 rings (SSSR count). The van der Waals surface area contributed by atoms with E-state index in [1.54, 1.807) is 13.2 Å². The molecule has 1 atom stereocenters. The average Bonchev–Trinajstić information content (AvgIpc) is 2.90. The van der Waals surface area contributed by atoms with Gasteiger partial charge in [-0.05, 0) is 30.7 Å². The Morgan fingerprint density at radius 1 is 1.58 bits per heavy atom. The van der Waals surface area contributed by atoms with Crippen LogP contribution in [0.2, 0.25) is 5.02 Å². The van der Waals surface area contributed by atoms with Crippen LogP contribution in [0.1, 0.15) is 12.0 Å². The molecule has 1 aromatic carbocycles. The van der Waals surface area contributed by atoms with E-state index >= 15 is 0 Å². The van der Waals surface area contributed by atoms with E-state index < -0.39 is 0 Å². The van der Waals surface area contributed by atoms with Crippen molar-refractivity contribution in [2.45, 2.75) is 13.0 Å². The van der Waals surface area contributed by atoms with Crippen molar-refractivity contribution < 1.29 is 9.53 Å². The average molecular weight is 305 g/mol. The molecule has 0 aliphatic carbocycles. The van der Waals surface area contributed by atoms with E-state index in [0.29, 0.717) is 17.3 Å². The molecule has 1 amide bonds. The van der Waals surface area contributed by atoms with Crippen LogP contribution in [0.15, 0.2) is 18.2 Å². The first-order chi connectivity index (χ1) is 8.70. The van der Waals surface area contributed by atoms with Crippen LogP contribution in [-0.2, 0) is 11.3 Å². The van der Waals surface area contributed by atoms with Gasteiger partial charge in [0, 0.05) is 13.1 Å². The summed E-state index contributed by atoms with van der Waals surface area (Å²) in [6, 6.07) is 5.52. The third-order valence-corrected chi connectivity index (χ3v) is 3.41. The highest BCUT2D eigenvalue weighted by Gasteiger charge is 2.21. The normalized spacial score (nSPS) is 17.7. The van der Waals surface area contributed by atoms with Crippen molar-refractivity contribution in [1.29, 1.82) is 0 Å². The number of nitrogens with one attached hydrogen (secondary N) is 2. The van der Waals surface area contributed by atoms with Crippen molar-refractivity contribution in [3.05, 3.63) is 28.8 Å². The summed E-state index contributed by atoms with van der Waals surface area (Å²) in [5.41, 5.74) is 0.972. The van der Waals surface area contributed by atoms with E-state index in [-0.39, 0.29) is 24.2 Å². The first-order valence-electron chi connectivity index (χ1n) is 6.01. The molecule has 0 bridgehead atoms. The summed E-state index contributed by atoms with van der Waals surface area (Å²) < 4.78 is 5.08. The largest absolute Gasteiger partial charge is 0.495 e. The molecule has 1 aliphatic heterocycles. The zero-order valence-corrected chi connectivity index (χ0v) is 12.3. The van der Waals surface area contributed by atoms with Crippen LogP contribution in [0.5, 0.6) is 5.75 Å². The highest BCUT2D eigenvalue weighted by molar-refractivity contribution is 6.32. The number of methoxy groups -OCH3 is 1.